The van der Waals surface area contributed by atoms with Gasteiger partial charge in [0.05, 0.1) is 24.9 Å². The largest absolute Gasteiger partial charge is 0.481 e. The van der Waals surface area contributed by atoms with Crippen LogP contribution in [0, 0.1) is 0 Å². The summed E-state index contributed by atoms with van der Waals surface area (Å²) >= 11 is 5.85. The predicted molar refractivity (Wildman–Crippen MR) is 124 cm³/mol. The molecule has 0 aliphatic heterocycles. The third kappa shape index (κ3) is 5.39. The highest BCUT2D eigenvalue weighted by Crippen LogP contribution is 2.27. The number of ether oxygens (including phenoxy) is 2. The quantitative estimate of drug-likeness (QED) is 0.326. The molecule has 15 heteroatoms. The Balaban J connectivity index is 1.69. The van der Waals surface area contributed by atoms with Crippen LogP contribution in [-0.2, 0) is 21.3 Å². The van der Waals surface area contributed by atoms with E-state index in [-0.39, 0.29) is 18.3 Å². The van der Waals surface area contributed by atoms with Gasteiger partial charge in [0.1, 0.15) is 23.3 Å². The molecule has 4 rings (SSSR count). The smallest absolute Gasteiger partial charge is 0.240 e. The van der Waals surface area contributed by atoms with Crippen LogP contribution in [0.2, 0.25) is 5.02 Å². The van der Waals surface area contributed by atoms with Gasteiger partial charge in [-0.15, -0.1) is 10.2 Å². The summed E-state index contributed by atoms with van der Waals surface area (Å²) in [7, 11) is -1.20. The van der Waals surface area contributed by atoms with E-state index in [2.05, 4.69) is 35.0 Å². The molecule has 0 aromatic carbocycles. The Hall–Kier alpha value is -3.62. The van der Waals surface area contributed by atoms with Gasteiger partial charge in [-0.05, 0) is 13.0 Å². The first-order chi connectivity index (χ1) is 16.8. The van der Waals surface area contributed by atoms with Crippen LogP contribution >= 0.6 is 11.6 Å². The van der Waals surface area contributed by atoms with Crippen molar-refractivity contribution in [2.24, 2.45) is 0 Å². The van der Waals surface area contributed by atoms with Crippen LogP contribution < -0.4 is 9.46 Å². The Bertz CT molecular complexity index is 1380. The van der Waals surface area contributed by atoms with Crippen LogP contribution in [0.15, 0.2) is 47.6 Å². The second kappa shape index (κ2) is 10.3. The number of pyridine rings is 1. The van der Waals surface area contributed by atoms with E-state index in [1.807, 2.05) is 0 Å². The number of halogens is 1. The van der Waals surface area contributed by atoms with Crippen LogP contribution in [-0.4, -0.2) is 62.8 Å². The predicted octanol–water partition coefficient (Wildman–Crippen LogP) is 2.35. The average molecular weight is 521 g/mol. The Morgan fingerprint density at radius 2 is 1.94 bits per heavy atom. The number of nitrogens with one attached hydrogen (secondary N) is 1. The summed E-state index contributed by atoms with van der Waals surface area (Å²) < 4.78 is 46.2. The second-order valence-corrected chi connectivity index (χ2v) is 9.77. The molecular weight excluding hydrogens is 500 g/mol. The number of rotatable bonds is 10. The maximum Gasteiger partial charge on any atom is 0.240 e. The van der Waals surface area contributed by atoms with Crippen molar-refractivity contribution in [1.82, 2.24) is 34.9 Å². The Morgan fingerprint density at radius 1 is 1.17 bits per heavy atom. The van der Waals surface area contributed by atoms with E-state index < -0.39 is 21.4 Å². The number of anilines is 1. The summed E-state index contributed by atoms with van der Waals surface area (Å²) in [6.07, 6.45) is 4.70. The molecule has 0 aliphatic carbocycles. The molecule has 4 aromatic heterocycles. The second-order valence-electron chi connectivity index (χ2n) is 7.30. The van der Waals surface area contributed by atoms with Gasteiger partial charge in [-0.1, -0.05) is 22.8 Å². The molecule has 1 N–H and O–H groups in total. The first kappa shape index (κ1) is 24.5. The van der Waals surface area contributed by atoms with Gasteiger partial charge in [0.2, 0.25) is 21.9 Å². The zero-order valence-corrected chi connectivity index (χ0v) is 20.4. The minimum Gasteiger partial charge on any atom is -0.481 e. The van der Waals surface area contributed by atoms with Crippen molar-refractivity contribution < 1.29 is 22.4 Å². The first-order valence-corrected chi connectivity index (χ1v) is 12.1. The van der Waals surface area contributed by atoms with E-state index in [9.17, 15) is 8.42 Å². The fourth-order valence-corrected chi connectivity index (χ4v) is 4.46. The van der Waals surface area contributed by atoms with E-state index in [0.29, 0.717) is 28.0 Å². The van der Waals surface area contributed by atoms with Gasteiger partial charge in [-0.2, -0.15) is 0 Å². The van der Waals surface area contributed by atoms with Crippen molar-refractivity contribution >= 4 is 27.6 Å². The molecule has 2 atom stereocenters. The van der Waals surface area contributed by atoms with Crippen molar-refractivity contribution in [3.63, 3.8) is 0 Å². The molecular formula is C20H21ClN8O5S. The molecule has 4 heterocycles. The summed E-state index contributed by atoms with van der Waals surface area (Å²) in [5, 5.41) is 11.1. The fourth-order valence-electron chi connectivity index (χ4n) is 3.22. The molecule has 0 saturated heterocycles. The highest BCUT2D eigenvalue weighted by atomic mass is 35.5. The molecule has 0 saturated carbocycles. The molecule has 0 radical (unpaired) electrons. The summed E-state index contributed by atoms with van der Waals surface area (Å²) in [5.74, 6) is 0.801. The van der Waals surface area contributed by atoms with Gasteiger partial charge < -0.3 is 14.0 Å². The number of hydrogen-bond acceptors (Lipinski definition) is 11. The van der Waals surface area contributed by atoms with E-state index in [1.54, 1.807) is 22.8 Å². The van der Waals surface area contributed by atoms with Crippen LogP contribution in [0.3, 0.4) is 0 Å². The van der Waals surface area contributed by atoms with Crippen molar-refractivity contribution in [2.45, 2.75) is 24.8 Å². The standard InChI is InChI=1S/C20H21ClN8O5S/c1-12(17(33-3)18-22-8-14(21)9-23-18)35(30,31)28-20-27-26-19(15-5-4-6-16(25-15)32-2)29(20)10-13-7-24-34-11-13/h4-9,11-12,17H,10H2,1-3H3,(H,27,28)/t12-,17-/m0/s1. The maximum atomic E-state index is 13.3. The summed E-state index contributed by atoms with van der Waals surface area (Å²) in [4.78, 5) is 12.6. The summed E-state index contributed by atoms with van der Waals surface area (Å²) in [6, 6.07) is 5.12. The lowest BCUT2D eigenvalue weighted by Gasteiger charge is -2.22. The first-order valence-electron chi connectivity index (χ1n) is 10.2. The van der Waals surface area contributed by atoms with Gasteiger partial charge in [0, 0.05) is 31.1 Å². The summed E-state index contributed by atoms with van der Waals surface area (Å²) in [6.45, 7) is 1.63. The third-order valence-electron chi connectivity index (χ3n) is 5.03. The molecule has 35 heavy (non-hydrogen) atoms. The highest BCUT2D eigenvalue weighted by molar-refractivity contribution is 7.93. The number of methoxy groups -OCH3 is 2. The fraction of sp³-hybridized carbons (Fsp3) is 0.300. The zero-order valence-electron chi connectivity index (χ0n) is 18.9. The van der Waals surface area contributed by atoms with E-state index in [4.69, 9.17) is 25.6 Å². The number of nitrogens with zero attached hydrogens (tertiary/aromatic N) is 7. The lowest BCUT2D eigenvalue weighted by Crippen LogP contribution is -2.33. The van der Waals surface area contributed by atoms with Crippen molar-refractivity contribution in [2.75, 3.05) is 18.9 Å². The highest BCUT2D eigenvalue weighted by Gasteiger charge is 2.34. The zero-order chi connectivity index (χ0) is 25.0. The van der Waals surface area contributed by atoms with Gasteiger partial charge >= 0.3 is 0 Å². The maximum absolute atomic E-state index is 13.3. The molecule has 0 spiro atoms. The minimum absolute atomic E-state index is 0.0375. The molecule has 4 aromatic rings. The van der Waals surface area contributed by atoms with Gasteiger partial charge in [0.25, 0.3) is 0 Å². The van der Waals surface area contributed by atoms with Crippen LogP contribution in [0.25, 0.3) is 11.5 Å². The molecule has 184 valence electrons. The van der Waals surface area contributed by atoms with Gasteiger partial charge in [-0.25, -0.2) is 23.4 Å². The minimum atomic E-state index is -4.06. The Labute approximate surface area is 205 Å². The Kier molecular flexibility index (Phi) is 7.23. The van der Waals surface area contributed by atoms with Gasteiger partial charge in [0.15, 0.2) is 11.6 Å². The van der Waals surface area contributed by atoms with Crippen LogP contribution in [0.1, 0.15) is 24.4 Å². The van der Waals surface area contributed by atoms with E-state index in [1.165, 1.54) is 46.0 Å². The lowest BCUT2D eigenvalue weighted by molar-refractivity contribution is 0.0950. The topological polar surface area (TPSA) is 160 Å². The molecule has 0 fully saturated rings. The van der Waals surface area contributed by atoms with E-state index >= 15 is 0 Å². The molecule has 0 unspecified atom stereocenters. The third-order valence-corrected chi connectivity index (χ3v) is 6.92. The summed E-state index contributed by atoms with van der Waals surface area (Å²) in [5.41, 5.74) is 1.09. The van der Waals surface area contributed by atoms with E-state index in [0.717, 1.165) is 0 Å². The molecule has 0 amide bonds. The molecule has 0 aliphatic rings. The van der Waals surface area contributed by atoms with Crippen LogP contribution in [0.5, 0.6) is 5.88 Å². The average Bonchev–Trinajstić information content (AvgIpc) is 3.51. The number of aromatic nitrogens is 7. The monoisotopic (exact) mass is 520 g/mol. The lowest BCUT2D eigenvalue weighted by atomic mass is 10.2. The van der Waals surface area contributed by atoms with Crippen molar-refractivity contribution in [3.05, 3.63) is 59.5 Å². The van der Waals surface area contributed by atoms with Crippen molar-refractivity contribution in [3.8, 4) is 17.4 Å². The van der Waals surface area contributed by atoms with Crippen molar-refractivity contribution in [1.29, 1.82) is 0 Å². The number of sulfonamides is 1. The Morgan fingerprint density at radius 3 is 2.60 bits per heavy atom. The van der Waals surface area contributed by atoms with Gasteiger partial charge in [-0.3, -0.25) is 9.29 Å². The molecule has 13 nitrogen and oxygen atoms in total. The molecule has 0 bridgehead atoms. The normalized spacial score (nSPS) is 13.4. The SMILES string of the molecule is COc1cccc(-c2nnc(NS(=O)(=O)[C@@H](C)[C@H](OC)c3ncc(Cl)cn3)n2Cc2cnoc2)n1. The number of hydrogen-bond donors (Lipinski definition) is 1. The van der Waals surface area contributed by atoms with Crippen LogP contribution in [0.4, 0.5) is 5.95 Å².